The van der Waals surface area contributed by atoms with E-state index in [0.29, 0.717) is 28.3 Å². The molecule has 8 nitrogen and oxygen atoms in total. The Kier molecular flexibility index (Phi) is 5.54. The number of hydrogen-bond acceptors (Lipinski definition) is 5. The molecule has 1 aromatic carbocycles. The van der Waals surface area contributed by atoms with Crippen molar-refractivity contribution in [1.29, 1.82) is 0 Å². The lowest BCUT2D eigenvalue weighted by Crippen LogP contribution is -2.30. The highest BCUT2D eigenvalue weighted by molar-refractivity contribution is 5.98. The number of benzene rings is 1. The molecule has 1 atom stereocenters. The molecule has 0 spiro atoms. The fourth-order valence-corrected chi connectivity index (χ4v) is 3.21. The molecule has 29 heavy (non-hydrogen) atoms. The summed E-state index contributed by atoms with van der Waals surface area (Å²) in [7, 11) is 1.80. The number of aryl methyl sites for hydroxylation is 3. The van der Waals surface area contributed by atoms with E-state index in [2.05, 4.69) is 15.5 Å². The molecule has 0 aliphatic carbocycles. The van der Waals surface area contributed by atoms with E-state index in [-0.39, 0.29) is 0 Å². The molecule has 0 bridgehead atoms. The molecular formula is C21H25N5O3. The monoisotopic (exact) mass is 395 g/mol. The van der Waals surface area contributed by atoms with Crippen molar-refractivity contribution < 1.29 is 14.3 Å². The van der Waals surface area contributed by atoms with Crippen molar-refractivity contribution in [3.8, 4) is 5.69 Å². The largest absolute Gasteiger partial charge is 0.449 e. The van der Waals surface area contributed by atoms with E-state index in [4.69, 9.17) is 4.74 Å². The molecule has 3 rings (SSSR count). The van der Waals surface area contributed by atoms with E-state index in [0.717, 1.165) is 11.4 Å². The minimum absolute atomic E-state index is 0.363. The second-order valence-corrected chi connectivity index (χ2v) is 7.00. The summed E-state index contributed by atoms with van der Waals surface area (Å²) in [5.74, 6) is -0.993. The molecule has 0 aliphatic heterocycles. The van der Waals surface area contributed by atoms with E-state index >= 15 is 0 Å². The van der Waals surface area contributed by atoms with Gasteiger partial charge < -0.3 is 10.1 Å². The Hall–Kier alpha value is -3.42. The van der Waals surface area contributed by atoms with Gasteiger partial charge in [-0.2, -0.15) is 10.2 Å². The highest BCUT2D eigenvalue weighted by Gasteiger charge is 2.26. The van der Waals surface area contributed by atoms with Gasteiger partial charge in [-0.25, -0.2) is 9.48 Å². The number of amides is 1. The van der Waals surface area contributed by atoms with Crippen LogP contribution in [0.25, 0.3) is 5.69 Å². The van der Waals surface area contributed by atoms with E-state index in [1.165, 1.54) is 0 Å². The van der Waals surface area contributed by atoms with Gasteiger partial charge in [0.15, 0.2) is 6.10 Å². The third-order valence-electron chi connectivity index (χ3n) is 4.91. The summed E-state index contributed by atoms with van der Waals surface area (Å²) in [6, 6.07) is 9.53. The summed E-state index contributed by atoms with van der Waals surface area (Å²) in [6.45, 7) is 8.76. The van der Waals surface area contributed by atoms with Gasteiger partial charge in [0.05, 0.1) is 34.2 Å². The molecule has 2 heterocycles. The van der Waals surface area contributed by atoms with Gasteiger partial charge in [-0.15, -0.1) is 0 Å². The Morgan fingerprint density at radius 2 is 1.66 bits per heavy atom. The molecule has 1 N–H and O–H groups in total. The number of esters is 1. The lowest BCUT2D eigenvalue weighted by atomic mass is 10.2. The number of nitrogens with zero attached hydrogens (tertiary/aromatic N) is 4. The lowest BCUT2D eigenvalue weighted by Gasteiger charge is -2.14. The van der Waals surface area contributed by atoms with E-state index in [1.54, 1.807) is 37.2 Å². The summed E-state index contributed by atoms with van der Waals surface area (Å²) < 4.78 is 8.82. The number of aromatic nitrogens is 4. The Bertz CT molecular complexity index is 1070. The zero-order valence-corrected chi connectivity index (χ0v) is 17.5. The number of nitrogens with one attached hydrogen (secondary N) is 1. The second kappa shape index (κ2) is 7.90. The minimum atomic E-state index is -0.972. The van der Waals surface area contributed by atoms with Crippen LogP contribution in [0.1, 0.15) is 40.1 Å². The summed E-state index contributed by atoms with van der Waals surface area (Å²) in [6.07, 6.45) is -0.972. The van der Waals surface area contributed by atoms with Gasteiger partial charge in [-0.05, 0) is 46.8 Å². The average Bonchev–Trinajstić information content (AvgIpc) is 3.11. The fourth-order valence-electron chi connectivity index (χ4n) is 3.21. The molecule has 1 amide bonds. The molecule has 152 valence electrons. The van der Waals surface area contributed by atoms with Crippen LogP contribution < -0.4 is 5.32 Å². The third kappa shape index (κ3) is 3.91. The van der Waals surface area contributed by atoms with E-state index in [1.807, 2.05) is 44.2 Å². The number of rotatable bonds is 5. The van der Waals surface area contributed by atoms with Gasteiger partial charge in [0.25, 0.3) is 5.91 Å². The molecule has 0 saturated carbocycles. The zero-order valence-electron chi connectivity index (χ0n) is 17.5. The molecular weight excluding hydrogens is 370 g/mol. The summed E-state index contributed by atoms with van der Waals surface area (Å²) in [5, 5.41) is 11.5. The number of anilines is 1. The van der Waals surface area contributed by atoms with Crippen molar-refractivity contribution in [1.82, 2.24) is 19.6 Å². The molecule has 2 aromatic heterocycles. The minimum Gasteiger partial charge on any atom is -0.449 e. The number of carbonyl (C=O) groups is 2. The maximum Gasteiger partial charge on any atom is 0.342 e. The first kappa shape index (κ1) is 20.3. The van der Waals surface area contributed by atoms with Gasteiger partial charge >= 0.3 is 5.97 Å². The number of carbonyl (C=O) groups excluding carboxylic acids is 2. The quantitative estimate of drug-likeness (QED) is 0.671. The van der Waals surface area contributed by atoms with Crippen molar-refractivity contribution >= 4 is 17.6 Å². The summed E-state index contributed by atoms with van der Waals surface area (Å²) >= 11 is 0. The highest BCUT2D eigenvalue weighted by atomic mass is 16.5. The topological polar surface area (TPSA) is 91.0 Å². The summed E-state index contributed by atoms with van der Waals surface area (Å²) in [4.78, 5) is 25.3. The molecule has 0 aliphatic rings. The molecule has 0 fully saturated rings. The molecule has 0 unspecified atom stereocenters. The Morgan fingerprint density at radius 3 is 2.24 bits per heavy atom. The van der Waals surface area contributed by atoms with E-state index in [9.17, 15) is 9.59 Å². The van der Waals surface area contributed by atoms with Gasteiger partial charge in [-0.1, -0.05) is 18.2 Å². The van der Waals surface area contributed by atoms with Crippen LogP contribution in [-0.4, -0.2) is 37.5 Å². The predicted molar refractivity (Wildman–Crippen MR) is 109 cm³/mol. The average molecular weight is 395 g/mol. The first-order chi connectivity index (χ1) is 13.7. The van der Waals surface area contributed by atoms with Crippen molar-refractivity contribution in [2.24, 2.45) is 7.05 Å². The van der Waals surface area contributed by atoms with Crippen LogP contribution in [0.3, 0.4) is 0 Å². The van der Waals surface area contributed by atoms with Crippen LogP contribution in [0.15, 0.2) is 30.3 Å². The van der Waals surface area contributed by atoms with Crippen LogP contribution in [0, 0.1) is 27.7 Å². The van der Waals surface area contributed by atoms with Gasteiger partial charge in [0, 0.05) is 7.05 Å². The standard InChI is InChI=1S/C21H25N5O3/c1-12-18(14(3)26(24-12)17-10-8-7-9-11-17)21(28)29-16(5)20(27)22-19-13(2)23-25(6)15(19)4/h7-11,16H,1-6H3,(H,22,27)/t16-/m0/s1. The smallest absolute Gasteiger partial charge is 0.342 e. The Labute approximate surface area is 169 Å². The van der Waals surface area contributed by atoms with Crippen LogP contribution >= 0.6 is 0 Å². The summed E-state index contributed by atoms with van der Waals surface area (Å²) in [5.41, 5.74) is 4.57. The number of ether oxygens (including phenoxy) is 1. The SMILES string of the molecule is Cc1nn(C)c(C)c1NC(=O)[C@H](C)OC(=O)c1c(C)nn(-c2ccccc2)c1C. The maximum atomic E-state index is 12.8. The second-order valence-electron chi connectivity index (χ2n) is 7.00. The number of para-hydroxylation sites is 1. The molecule has 0 radical (unpaired) electrons. The van der Waals surface area contributed by atoms with Crippen molar-refractivity contribution in [3.05, 3.63) is 58.7 Å². The predicted octanol–water partition coefficient (Wildman–Crippen LogP) is 3.02. The molecule has 3 aromatic rings. The third-order valence-corrected chi connectivity index (χ3v) is 4.91. The molecule has 8 heteroatoms. The lowest BCUT2D eigenvalue weighted by molar-refractivity contribution is -0.123. The number of hydrogen-bond donors (Lipinski definition) is 1. The first-order valence-electron chi connectivity index (χ1n) is 9.34. The normalized spacial score (nSPS) is 11.9. The van der Waals surface area contributed by atoms with Crippen LogP contribution in [0.2, 0.25) is 0 Å². The zero-order chi connectivity index (χ0) is 21.3. The highest BCUT2D eigenvalue weighted by Crippen LogP contribution is 2.21. The van der Waals surface area contributed by atoms with E-state index < -0.39 is 18.0 Å². The first-order valence-corrected chi connectivity index (χ1v) is 9.34. The van der Waals surface area contributed by atoms with Crippen molar-refractivity contribution in [3.63, 3.8) is 0 Å². The van der Waals surface area contributed by atoms with Crippen molar-refractivity contribution in [2.75, 3.05) is 5.32 Å². The van der Waals surface area contributed by atoms with Crippen LogP contribution in [-0.2, 0) is 16.6 Å². The molecule has 0 saturated heterocycles. The van der Waals surface area contributed by atoms with Crippen LogP contribution in [0.5, 0.6) is 0 Å². The van der Waals surface area contributed by atoms with Crippen molar-refractivity contribution in [2.45, 2.75) is 40.7 Å². The Balaban J connectivity index is 1.76. The van der Waals surface area contributed by atoms with Gasteiger partial charge in [-0.3, -0.25) is 9.48 Å². The van der Waals surface area contributed by atoms with Gasteiger partial charge in [0.1, 0.15) is 5.56 Å². The van der Waals surface area contributed by atoms with Gasteiger partial charge in [0.2, 0.25) is 0 Å². The Morgan fingerprint density at radius 1 is 1.00 bits per heavy atom. The van der Waals surface area contributed by atoms with Crippen LogP contribution in [0.4, 0.5) is 5.69 Å². The fraction of sp³-hybridized carbons (Fsp3) is 0.333. The maximum absolute atomic E-state index is 12.8.